The molecule has 1 nitrogen and oxygen atoms in total. The number of fused-ring (bicyclic) bond motifs is 18. The van der Waals surface area contributed by atoms with Crippen LogP contribution in [0.15, 0.2) is 261 Å². The van der Waals surface area contributed by atoms with Crippen LogP contribution >= 0.6 is 0 Å². The van der Waals surface area contributed by atoms with Crippen LogP contribution in [0.25, 0.3) is 98.4 Å². The molecule has 0 heterocycles. The van der Waals surface area contributed by atoms with Crippen LogP contribution in [0.4, 0.5) is 17.1 Å². The van der Waals surface area contributed by atoms with Crippen molar-refractivity contribution in [1.82, 2.24) is 0 Å². The van der Waals surface area contributed by atoms with Crippen molar-refractivity contribution in [3.8, 4) is 44.5 Å². The van der Waals surface area contributed by atoms with Crippen LogP contribution in [0.3, 0.4) is 0 Å². The zero-order chi connectivity index (χ0) is 45.9. The molecule has 1 spiro atoms. The van der Waals surface area contributed by atoms with E-state index in [1.807, 2.05) is 0 Å². The minimum Gasteiger partial charge on any atom is -0.310 e. The molecule has 13 aromatic rings. The smallest absolute Gasteiger partial charge is 0.0725 e. The van der Waals surface area contributed by atoms with Gasteiger partial charge < -0.3 is 4.90 Å². The van der Waals surface area contributed by atoms with Gasteiger partial charge >= 0.3 is 0 Å². The summed E-state index contributed by atoms with van der Waals surface area (Å²) in [5.74, 6) is 0. The Morgan fingerprint density at radius 2 is 0.614 bits per heavy atom. The molecule has 13 aromatic carbocycles. The lowest BCUT2D eigenvalue weighted by atomic mass is 9.70. The standard InChI is InChI=1S/C69H43N/c1-3-17-46-37-48(31-29-44(46)15-1)50-39-51(49-32-30-45-16-2-4-18-47(45)38-49)41-54(40-50)70(52-33-35-59-57-21-6-5-19-55(57)56-20-7-8-22-58(56)63(59)42-52)53-34-36-68-64(43-53)62-25-11-14-28-67(62)69(68)65-26-12-9-23-60(65)61-24-10-13-27-66(61)69/h1-43H. The number of benzene rings is 13. The van der Waals surface area contributed by atoms with Crippen LogP contribution < -0.4 is 4.90 Å². The molecule has 1 heteroatoms. The second-order valence-electron chi connectivity index (χ2n) is 19.2. The highest BCUT2D eigenvalue weighted by molar-refractivity contribution is 6.26. The molecule has 0 saturated heterocycles. The van der Waals surface area contributed by atoms with E-state index in [9.17, 15) is 0 Å². The van der Waals surface area contributed by atoms with Gasteiger partial charge in [0, 0.05) is 17.1 Å². The van der Waals surface area contributed by atoms with Gasteiger partial charge in [0.25, 0.3) is 0 Å². The Kier molecular flexibility index (Phi) is 8.35. The lowest BCUT2D eigenvalue weighted by molar-refractivity contribution is 0.794. The molecular weight excluding hydrogens is 843 g/mol. The van der Waals surface area contributed by atoms with E-state index in [4.69, 9.17) is 0 Å². The van der Waals surface area contributed by atoms with Crippen molar-refractivity contribution in [1.29, 1.82) is 0 Å². The van der Waals surface area contributed by atoms with Gasteiger partial charge in [0.15, 0.2) is 0 Å². The third kappa shape index (κ3) is 5.61. The highest BCUT2D eigenvalue weighted by Crippen LogP contribution is 2.63. The molecule has 0 unspecified atom stereocenters. The van der Waals surface area contributed by atoms with Gasteiger partial charge in [-0.25, -0.2) is 0 Å². The topological polar surface area (TPSA) is 3.24 Å². The van der Waals surface area contributed by atoms with Gasteiger partial charge in [-0.15, -0.1) is 0 Å². The van der Waals surface area contributed by atoms with E-state index in [1.54, 1.807) is 0 Å². The maximum absolute atomic E-state index is 2.52. The molecule has 324 valence electrons. The first-order valence-electron chi connectivity index (χ1n) is 24.4. The van der Waals surface area contributed by atoms with E-state index in [0.717, 1.165) is 17.1 Å². The Hall–Kier alpha value is -9.04. The van der Waals surface area contributed by atoms with Gasteiger partial charge in [0.1, 0.15) is 0 Å². The summed E-state index contributed by atoms with van der Waals surface area (Å²) in [5.41, 5.74) is 18.1. The molecule has 0 aromatic heterocycles. The van der Waals surface area contributed by atoms with Gasteiger partial charge in [-0.1, -0.05) is 206 Å². The minimum atomic E-state index is -0.426. The van der Waals surface area contributed by atoms with Crippen LogP contribution in [0.1, 0.15) is 22.3 Å². The zero-order valence-electron chi connectivity index (χ0n) is 38.3. The molecule has 0 aliphatic heterocycles. The SMILES string of the molecule is c1ccc2c(c1)-c1ccccc1C21c2ccccc2-c2cc(N(c3cc(-c4ccc5ccccc5c4)cc(-c4ccc5ccccc5c4)c3)c3ccc4c5ccccc5c5ccccc5c4c3)ccc21. The molecular formula is C69H43N. The third-order valence-electron chi connectivity index (χ3n) is 15.6. The summed E-state index contributed by atoms with van der Waals surface area (Å²) in [5, 5.41) is 12.5. The fourth-order valence-electron chi connectivity index (χ4n) is 12.5. The molecule has 70 heavy (non-hydrogen) atoms. The van der Waals surface area contributed by atoms with Gasteiger partial charge in [-0.2, -0.15) is 0 Å². The highest BCUT2D eigenvalue weighted by Gasteiger charge is 2.51. The molecule has 0 amide bonds. The van der Waals surface area contributed by atoms with Crippen molar-refractivity contribution in [2.45, 2.75) is 5.41 Å². The highest BCUT2D eigenvalue weighted by atomic mass is 15.1. The summed E-state index contributed by atoms with van der Waals surface area (Å²) in [4.78, 5) is 2.52. The average molecular weight is 886 g/mol. The normalized spacial score (nSPS) is 13.0. The fourth-order valence-corrected chi connectivity index (χ4v) is 12.5. The molecule has 0 fully saturated rings. The molecule has 0 radical (unpaired) electrons. The average Bonchev–Trinajstić information content (AvgIpc) is 3.90. The Labute approximate surface area is 406 Å². The number of rotatable bonds is 5. The molecule has 2 aliphatic carbocycles. The summed E-state index contributed by atoms with van der Waals surface area (Å²) >= 11 is 0. The van der Waals surface area contributed by atoms with Crippen molar-refractivity contribution < 1.29 is 0 Å². The van der Waals surface area contributed by atoms with E-state index in [0.29, 0.717) is 0 Å². The van der Waals surface area contributed by atoms with Crippen LogP contribution in [-0.4, -0.2) is 0 Å². The molecule has 0 bridgehead atoms. The molecule has 2 aliphatic rings. The molecule has 0 N–H and O–H groups in total. The first-order chi connectivity index (χ1) is 34.7. The second-order valence-corrected chi connectivity index (χ2v) is 19.2. The van der Waals surface area contributed by atoms with Crippen molar-refractivity contribution in [3.63, 3.8) is 0 Å². The van der Waals surface area contributed by atoms with Gasteiger partial charge in [0.2, 0.25) is 0 Å². The monoisotopic (exact) mass is 885 g/mol. The Morgan fingerprint density at radius 3 is 1.16 bits per heavy atom. The lowest BCUT2D eigenvalue weighted by Gasteiger charge is -2.31. The quantitative estimate of drug-likeness (QED) is 0.156. The predicted octanol–water partition coefficient (Wildman–Crippen LogP) is 18.6. The summed E-state index contributed by atoms with van der Waals surface area (Å²) < 4.78 is 0. The van der Waals surface area contributed by atoms with Crippen LogP contribution in [0.2, 0.25) is 0 Å². The maximum atomic E-state index is 2.52. The Bertz CT molecular complexity index is 4150. The maximum Gasteiger partial charge on any atom is 0.0725 e. The van der Waals surface area contributed by atoms with Crippen LogP contribution in [0, 0.1) is 0 Å². The lowest BCUT2D eigenvalue weighted by Crippen LogP contribution is -2.25. The van der Waals surface area contributed by atoms with Crippen LogP contribution in [0.5, 0.6) is 0 Å². The van der Waals surface area contributed by atoms with Crippen molar-refractivity contribution in [2.24, 2.45) is 0 Å². The predicted molar refractivity (Wildman–Crippen MR) is 296 cm³/mol. The first-order valence-corrected chi connectivity index (χ1v) is 24.4. The number of hydrogen-bond donors (Lipinski definition) is 0. The first kappa shape index (κ1) is 39.0. The van der Waals surface area contributed by atoms with Gasteiger partial charge in [0.05, 0.1) is 5.41 Å². The number of hydrogen-bond acceptors (Lipinski definition) is 1. The summed E-state index contributed by atoms with van der Waals surface area (Å²) in [6.07, 6.45) is 0. The van der Waals surface area contributed by atoms with E-state index >= 15 is 0 Å². The Balaban J connectivity index is 1.02. The van der Waals surface area contributed by atoms with Crippen molar-refractivity contribution in [2.75, 3.05) is 4.90 Å². The summed E-state index contributed by atoms with van der Waals surface area (Å²) in [6.45, 7) is 0. The molecule has 0 atom stereocenters. The fraction of sp³-hybridized carbons (Fsp3) is 0.0145. The van der Waals surface area contributed by atoms with Crippen LogP contribution in [-0.2, 0) is 5.41 Å². The Morgan fingerprint density at radius 1 is 0.214 bits per heavy atom. The zero-order valence-corrected chi connectivity index (χ0v) is 38.3. The van der Waals surface area contributed by atoms with E-state index in [2.05, 4.69) is 266 Å². The van der Waals surface area contributed by atoms with E-state index in [1.165, 1.54) is 121 Å². The molecule has 15 rings (SSSR count). The number of anilines is 3. The van der Waals surface area contributed by atoms with Crippen molar-refractivity contribution in [3.05, 3.63) is 283 Å². The minimum absolute atomic E-state index is 0.426. The largest absolute Gasteiger partial charge is 0.310 e. The summed E-state index contributed by atoms with van der Waals surface area (Å²) in [7, 11) is 0. The van der Waals surface area contributed by atoms with E-state index in [-0.39, 0.29) is 0 Å². The third-order valence-corrected chi connectivity index (χ3v) is 15.6. The van der Waals surface area contributed by atoms with Gasteiger partial charge in [-0.3, -0.25) is 0 Å². The van der Waals surface area contributed by atoms with Gasteiger partial charge in [-0.05, 0) is 175 Å². The number of nitrogens with zero attached hydrogens (tertiary/aromatic N) is 1. The van der Waals surface area contributed by atoms with Crippen molar-refractivity contribution >= 4 is 70.9 Å². The molecule has 0 saturated carbocycles. The summed E-state index contributed by atoms with van der Waals surface area (Å²) in [6, 6.07) is 97.8. The second kappa shape index (κ2) is 15.0. The van der Waals surface area contributed by atoms with E-state index < -0.39 is 5.41 Å².